The van der Waals surface area contributed by atoms with Crippen LogP contribution in [0.25, 0.3) is 0 Å². The van der Waals surface area contributed by atoms with Crippen molar-refractivity contribution in [3.8, 4) is 5.75 Å². The van der Waals surface area contributed by atoms with E-state index in [9.17, 15) is 0 Å². The van der Waals surface area contributed by atoms with Crippen LogP contribution in [0.15, 0.2) is 59.7 Å². The Morgan fingerprint density at radius 3 is 2.62 bits per heavy atom. The molecular weight excluding hydrogens is 395 g/mol. The van der Waals surface area contributed by atoms with E-state index in [-0.39, 0.29) is 5.41 Å². The van der Waals surface area contributed by atoms with Crippen LogP contribution in [0.5, 0.6) is 5.75 Å². The van der Waals surface area contributed by atoms with Gasteiger partial charge in [-0.05, 0) is 79.1 Å². The van der Waals surface area contributed by atoms with Crippen LogP contribution in [-0.2, 0) is 27.9 Å². The molecule has 3 atom stereocenters. The number of methoxy groups -OCH3 is 2. The van der Waals surface area contributed by atoms with Gasteiger partial charge in [0.1, 0.15) is 13.6 Å². The van der Waals surface area contributed by atoms with Crippen LogP contribution in [0, 0.1) is 0 Å². The summed E-state index contributed by atoms with van der Waals surface area (Å²) >= 11 is 0. The van der Waals surface area contributed by atoms with Gasteiger partial charge in [-0.1, -0.05) is 47.5 Å². The van der Waals surface area contributed by atoms with Crippen molar-refractivity contribution in [1.29, 1.82) is 0 Å². The molecule has 1 saturated carbocycles. The Morgan fingerprint density at radius 2 is 1.84 bits per heavy atom. The van der Waals surface area contributed by atoms with Crippen LogP contribution in [0.1, 0.15) is 55.2 Å². The van der Waals surface area contributed by atoms with Gasteiger partial charge in [0.15, 0.2) is 0 Å². The molecule has 0 saturated heterocycles. The van der Waals surface area contributed by atoms with Crippen molar-refractivity contribution in [2.24, 2.45) is 0 Å². The van der Waals surface area contributed by atoms with Crippen molar-refractivity contribution in [3.63, 3.8) is 0 Å². The Labute approximate surface area is 193 Å². The van der Waals surface area contributed by atoms with Crippen LogP contribution in [0.3, 0.4) is 0 Å². The fraction of sp³-hybridized carbons (Fsp3) is 0.500. The Kier molecular flexibility index (Phi) is 5.94. The highest BCUT2D eigenvalue weighted by molar-refractivity contribution is 6.18. The number of rotatable bonds is 7. The molecule has 5 rings (SSSR count). The fourth-order valence-electron chi connectivity index (χ4n) is 6.75. The highest BCUT2D eigenvalue weighted by Gasteiger charge is 2.52. The highest BCUT2D eigenvalue weighted by Crippen LogP contribution is 2.63. The van der Waals surface area contributed by atoms with E-state index < -0.39 is 0 Å². The molecule has 0 aromatic heterocycles. The molecule has 4 heteroatoms. The van der Waals surface area contributed by atoms with E-state index in [0.29, 0.717) is 18.0 Å². The summed E-state index contributed by atoms with van der Waals surface area (Å²) in [6.45, 7) is 1.46. The van der Waals surface area contributed by atoms with Crippen LogP contribution >= 0.6 is 0 Å². The first-order chi connectivity index (χ1) is 15.6. The number of allylic oxidation sites excluding steroid dienone is 1. The number of hydrogen-bond acceptors (Lipinski definition) is 3. The number of fused-ring (bicyclic) bond motifs is 4. The summed E-state index contributed by atoms with van der Waals surface area (Å²) < 4.78 is 17.6. The molecule has 0 aliphatic heterocycles. The second-order valence-electron chi connectivity index (χ2n) is 10.2. The second kappa shape index (κ2) is 8.72. The Balaban J connectivity index is 1.48. The van der Waals surface area contributed by atoms with Gasteiger partial charge in [0.05, 0.1) is 19.8 Å². The Hall–Kier alpha value is -2.04. The van der Waals surface area contributed by atoms with Crippen LogP contribution in [0.2, 0.25) is 5.31 Å². The molecule has 168 valence electrons. The van der Waals surface area contributed by atoms with E-state index in [4.69, 9.17) is 14.2 Å². The van der Waals surface area contributed by atoms with E-state index in [1.54, 1.807) is 18.3 Å². The van der Waals surface area contributed by atoms with Crippen LogP contribution < -0.4 is 4.74 Å². The predicted octanol–water partition coefficient (Wildman–Crippen LogP) is 5.18. The maximum atomic E-state index is 6.23. The molecule has 0 heterocycles. The lowest BCUT2D eigenvalue weighted by atomic mass is 9.49. The van der Waals surface area contributed by atoms with Crippen LogP contribution in [-0.4, -0.2) is 34.8 Å². The fourth-order valence-corrected chi connectivity index (χ4v) is 6.75. The standard InChI is InChI=1S/C28H35BO3/c1-30-22-9-11-24-21(16-22)8-10-25-26-17-23(31-2)18-28(26,29)13-12-27(24,25)14-15-32-19-20-6-4-3-5-7-20/h3-7,9,11,16,23H,8,10,12-15,17-19,29H2,1-2H3/t23-,27?,28+/m0/s1. The second-order valence-corrected chi connectivity index (χ2v) is 10.2. The highest BCUT2D eigenvalue weighted by atomic mass is 16.5. The van der Waals surface area contributed by atoms with Gasteiger partial charge >= 0.3 is 0 Å². The largest absolute Gasteiger partial charge is 0.497 e. The summed E-state index contributed by atoms with van der Waals surface area (Å²) in [5, 5.41) is 0.300. The number of aryl methyl sites for hydroxylation is 1. The van der Waals surface area contributed by atoms with Crippen LogP contribution in [0.4, 0.5) is 0 Å². The van der Waals surface area contributed by atoms with Crippen molar-refractivity contribution in [1.82, 2.24) is 0 Å². The maximum absolute atomic E-state index is 6.23. The lowest BCUT2D eigenvalue weighted by Gasteiger charge is -2.50. The van der Waals surface area contributed by atoms with Crippen molar-refractivity contribution < 1.29 is 14.2 Å². The third-order valence-electron chi connectivity index (χ3n) is 8.47. The molecule has 0 spiro atoms. The zero-order chi connectivity index (χ0) is 22.2. The minimum atomic E-state index is 0.0913. The zero-order valence-corrected chi connectivity index (χ0v) is 19.8. The van der Waals surface area contributed by atoms with Crippen molar-refractivity contribution in [2.45, 2.75) is 68.4 Å². The summed E-state index contributed by atoms with van der Waals surface area (Å²) in [4.78, 5) is 0. The van der Waals surface area contributed by atoms with E-state index in [0.717, 1.165) is 38.0 Å². The summed E-state index contributed by atoms with van der Waals surface area (Å²) in [7, 11) is 6.12. The lowest BCUT2D eigenvalue weighted by molar-refractivity contribution is 0.0990. The van der Waals surface area contributed by atoms with Gasteiger partial charge < -0.3 is 14.2 Å². The maximum Gasteiger partial charge on any atom is 0.119 e. The first-order valence-electron chi connectivity index (χ1n) is 12.1. The molecule has 0 N–H and O–H groups in total. The van der Waals surface area contributed by atoms with Gasteiger partial charge in [0, 0.05) is 19.1 Å². The summed E-state index contributed by atoms with van der Waals surface area (Å²) in [5.74, 6) is 0.969. The van der Waals surface area contributed by atoms with E-state index in [1.807, 2.05) is 7.11 Å². The van der Waals surface area contributed by atoms with Gasteiger partial charge in [-0.3, -0.25) is 0 Å². The third-order valence-corrected chi connectivity index (χ3v) is 8.47. The smallest absolute Gasteiger partial charge is 0.119 e. The molecule has 1 unspecified atom stereocenters. The van der Waals surface area contributed by atoms with E-state index in [1.165, 1.54) is 36.0 Å². The molecule has 3 aliphatic rings. The normalized spacial score (nSPS) is 28.8. The Bertz CT molecular complexity index is 1000. The first kappa shape index (κ1) is 21.8. The molecule has 0 amide bonds. The predicted molar refractivity (Wildman–Crippen MR) is 131 cm³/mol. The first-order valence-corrected chi connectivity index (χ1v) is 12.1. The lowest BCUT2D eigenvalue weighted by Crippen LogP contribution is -2.40. The molecular formula is C28H35BO3. The summed E-state index contributed by atoms with van der Waals surface area (Å²) in [6.07, 6.45) is 8.36. The Morgan fingerprint density at radius 1 is 1.00 bits per heavy atom. The van der Waals surface area contributed by atoms with E-state index >= 15 is 0 Å². The summed E-state index contributed by atoms with van der Waals surface area (Å²) in [5.41, 5.74) is 7.70. The van der Waals surface area contributed by atoms with Crippen molar-refractivity contribution in [3.05, 3.63) is 76.4 Å². The topological polar surface area (TPSA) is 27.7 Å². The SMILES string of the molecule is B[C@@]12CCC3(CCOCc4ccccc4)C(=C1C[C@H](OC)C2)CCc1cc(OC)ccc13. The van der Waals surface area contributed by atoms with Crippen molar-refractivity contribution in [2.75, 3.05) is 20.8 Å². The summed E-state index contributed by atoms with van der Waals surface area (Å²) in [6, 6.07) is 17.3. The molecule has 3 aliphatic carbocycles. The van der Waals surface area contributed by atoms with Gasteiger partial charge in [-0.2, -0.15) is 0 Å². The molecule has 32 heavy (non-hydrogen) atoms. The molecule has 3 nitrogen and oxygen atoms in total. The molecule has 1 fully saturated rings. The third kappa shape index (κ3) is 3.72. The monoisotopic (exact) mass is 430 g/mol. The van der Waals surface area contributed by atoms with Crippen molar-refractivity contribution >= 4 is 7.85 Å². The average molecular weight is 430 g/mol. The van der Waals surface area contributed by atoms with Gasteiger partial charge in [0.25, 0.3) is 0 Å². The van der Waals surface area contributed by atoms with Gasteiger partial charge in [-0.25, -0.2) is 0 Å². The van der Waals surface area contributed by atoms with Gasteiger partial charge in [-0.15, -0.1) is 0 Å². The number of benzene rings is 2. The van der Waals surface area contributed by atoms with E-state index in [2.05, 4.69) is 56.4 Å². The molecule has 2 aromatic carbocycles. The number of hydrogen-bond donors (Lipinski definition) is 0. The molecule has 0 radical (unpaired) electrons. The minimum absolute atomic E-state index is 0.0913. The minimum Gasteiger partial charge on any atom is -0.497 e. The quantitative estimate of drug-likeness (QED) is 0.344. The molecule has 0 bridgehead atoms. The molecule has 2 aromatic rings. The average Bonchev–Trinajstić information content (AvgIpc) is 3.19. The zero-order valence-electron chi connectivity index (χ0n) is 19.8. The van der Waals surface area contributed by atoms with Gasteiger partial charge in [0.2, 0.25) is 0 Å². The number of ether oxygens (including phenoxy) is 3.